The number of rotatable bonds is 8. The lowest BCUT2D eigenvalue weighted by atomic mass is 10.2. The largest absolute Gasteiger partial charge is 0.451 e. The van der Waals surface area contributed by atoms with E-state index in [1.54, 1.807) is 16.4 Å². The van der Waals surface area contributed by atoms with Gasteiger partial charge in [-0.15, -0.1) is 17.9 Å². The summed E-state index contributed by atoms with van der Waals surface area (Å²) in [5, 5.41) is 5.20. The van der Waals surface area contributed by atoms with Crippen molar-refractivity contribution in [3.63, 3.8) is 0 Å². The van der Waals surface area contributed by atoms with Crippen molar-refractivity contribution in [2.24, 2.45) is 0 Å². The molecule has 0 saturated heterocycles. The molecular weight excluding hydrogens is 302 g/mol. The van der Waals surface area contributed by atoms with Crippen molar-refractivity contribution in [3.8, 4) is 0 Å². The molecule has 0 aliphatic heterocycles. The molecule has 0 bridgehead atoms. The van der Waals surface area contributed by atoms with Crippen molar-refractivity contribution in [2.45, 2.75) is 39.8 Å². The molecule has 1 heterocycles. The van der Waals surface area contributed by atoms with Crippen molar-refractivity contribution in [1.29, 1.82) is 0 Å². The molecule has 0 fully saturated rings. The average molecular weight is 325 g/mol. The first-order valence-electron chi connectivity index (χ1n) is 7.15. The Balaban J connectivity index is 2.56. The van der Waals surface area contributed by atoms with Crippen molar-refractivity contribution in [3.05, 3.63) is 23.7 Å². The van der Waals surface area contributed by atoms with Gasteiger partial charge in [0, 0.05) is 24.0 Å². The van der Waals surface area contributed by atoms with E-state index in [9.17, 15) is 9.59 Å². The molecule has 6 nitrogen and oxygen atoms in total. The third-order valence-corrected chi connectivity index (χ3v) is 3.64. The molecule has 0 radical (unpaired) electrons. The fraction of sp³-hybridized carbons (Fsp3) is 0.533. The van der Waals surface area contributed by atoms with E-state index in [0.29, 0.717) is 11.7 Å². The Morgan fingerprint density at radius 1 is 1.41 bits per heavy atom. The molecule has 1 N–H and O–H groups in total. The molecule has 0 aliphatic carbocycles. The number of hydrogen-bond donors (Lipinski definition) is 1. The molecular formula is C15H23N3O3S. The first-order chi connectivity index (χ1) is 10.4. The molecule has 0 atom stereocenters. The van der Waals surface area contributed by atoms with Crippen molar-refractivity contribution >= 4 is 28.3 Å². The van der Waals surface area contributed by atoms with Crippen LogP contribution in [0.5, 0.6) is 0 Å². The zero-order valence-corrected chi connectivity index (χ0v) is 14.3. The summed E-state index contributed by atoms with van der Waals surface area (Å²) in [6.45, 7) is 11.6. The van der Waals surface area contributed by atoms with Crippen LogP contribution in [-0.4, -0.2) is 47.0 Å². The minimum atomic E-state index is -0.594. The van der Waals surface area contributed by atoms with Gasteiger partial charge in [0.15, 0.2) is 17.4 Å². The highest BCUT2D eigenvalue weighted by atomic mass is 32.1. The predicted octanol–water partition coefficient (Wildman–Crippen LogP) is 2.54. The molecule has 0 spiro atoms. The summed E-state index contributed by atoms with van der Waals surface area (Å²) < 4.78 is 5.06. The number of anilines is 1. The number of hydrogen-bond acceptors (Lipinski definition) is 6. The lowest BCUT2D eigenvalue weighted by molar-refractivity contribution is -0.138. The van der Waals surface area contributed by atoms with E-state index in [0.717, 1.165) is 0 Å². The van der Waals surface area contributed by atoms with E-state index in [4.69, 9.17) is 4.74 Å². The Hall–Kier alpha value is -1.89. The van der Waals surface area contributed by atoms with Gasteiger partial charge in [-0.05, 0) is 27.7 Å². The second kappa shape index (κ2) is 8.53. The zero-order chi connectivity index (χ0) is 16.7. The molecule has 1 amide bonds. The zero-order valence-electron chi connectivity index (χ0n) is 13.5. The Labute approximate surface area is 135 Å². The molecule has 1 rings (SSSR count). The fourth-order valence-electron chi connectivity index (χ4n) is 2.06. The van der Waals surface area contributed by atoms with Crippen LogP contribution < -0.4 is 5.32 Å². The number of esters is 1. The third kappa shape index (κ3) is 5.14. The van der Waals surface area contributed by atoms with E-state index in [1.807, 2.05) is 27.7 Å². The molecule has 1 aromatic rings. The maximum atomic E-state index is 12.1. The van der Waals surface area contributed by atoms with Crippen LogP contribution >= 0.6 is 11.3 Å². The summed E-state index contributed by atoms with van der Waals surface area (Å²) in [5.41, 5.74) is 0.199. The SMILES string of the molecule is C=CCNc1nc(C(=O)OCC(=O)N(C(C)C)C(C)C)cs1. The van der Waals surface area contributed by atoms with Gasteiger partial charge < -0.3 is 15.0 Å². The van der Waals surface area contributed by atoms with Crippen LogP contribution in [0.25, 0.3) is 0 Å². The first-order valence-corrected chi connectivity index (χ1v) is 8.03. The Morgan fingerprint density at radius 2 is 2.05 bits per heavy atom. The monoisotopic (exact) mass is 325 g/mol. The van der Waals surface area contributed by atoms with Crippen LogP contribution in [-0.2, 0) is 9.53 Å². The molecule has 22 heavy (non-hydrogen) atoms. The van der Waals surface area contributed by atoms with Crippen LogP contribution in [0.15, 0.2) is 18.0 Å². The second-order valence-electron chi connectivity index (χ2n) is 5.27. The second-order valence-corrected chi connectivity index (χ2v) is 6.13. The first kappa shape index (κ1) is 18.2. The van der Waals surface area contributed by atoms with Crippen LogP contribution in [0.4, 0.5) is 5.13 Å². The highest BCUT2D eigenvalue weighted by molar-refractivity contribution is 7.13. The van der Waals surface area contributed by atoms with Crippen LogP contribution in [0.1, 0.15) is 38.2 Å². The van der Waals surface area contributed by atoms with Gasteiger partial charge in [-0.1, -0.05) is 6.08 Å². The summed E-state index contributed by atoms with van der Waals surface area (Å²) in [4.78, 5) is 29.8. The third-order valence-electron chi connectivity index (χ3n) is 2.84. The van der Waals surface area contributed by atoms with Gasteiger partial charge in [-0.25, -0.2) is 9.78 Å². The Kier molecular flexibility index (Phi) is 7.04. The molecule has 0 unspecified atom stereocenters. The van der Waals surface area contributed by atoms with E-state index in [1.165, 1.54) is 11.3 Å². The molecule has 0 saturated carbocycles. The van der Waals surface area contributed by atoms with Crippen molar-refractivity contribution < 1.29 is 14.3 Å². The van der Waals surface area contributed by atoms with Crippen LogP contribution in [0.2, 0.25) is 0 Å². The maximum Gasteiger partial charge on any atom is 0.358 e. The van der Waals surface area contributed by atoms with E-state index < -0.39 is 5.97 Å². The number of nitrogens with zero attached hydrogens (tertiary/aromatic N) is 2. The number of carbonyl (C=O) groups is 2. The summed E-state index contributed by atoms with van der Waals surface area (Å²) in [5.74, 6) is -0.803. The van der Waals surface area contributed by atoms with Gasteiger partial charge in [0.25, 0.3) is 5.91 Å². The fourth-order valence-corrected chi connectivity index (χ4v) is 2.75. The van der Waals surface area contributed by atoms with Crippen molar-refractivity contribution in [1.82, 2.24) is 9.88 Å². The number of carbonyl (C=O) groups excluding carboxylic acids is 2. The Morgan fingerprint density at radius 3 is 2.59 bits per heavy atom. The van der Waals surface area contributed by atoms with E-state index >= 15 is 0 Å². The molecule has 1 aromatic heterocycles. The summed E-state index contributed by atoms with van der Waals surface area (Å²) in [7, 11) is 0. The smallest absolute Gasteiger partial charge is 0.358 e. The molecule has 0 aromatic carbocycles. The lowest BCUT2D eigenvalue weighted by Gasteiger charge is -2.30. The highest BCUT2D eigenvalue weighted by Gasteiger charge is 2.22. The van der Waals surface area contributed by atoms with Crippen LogP contribution in [0, 0.1) is 0 Å². The standard InChI is InChI=1S/C15H23N3O3S/c1-6-7-16-15-17-12(9-22-15)14(20)21-8-13(19)18(10(2)3)11(4)5/h6,9-11H,1,7-8H2,2-5H3,(H,16,17). The number of nitrogens with one attached hydrogen (secondary N) is 1. The quantitative estimate of drug-likeness (QED) is 0.587. The summed E-state index contributed by atoms with van der Waals surface area (Å²) >= 11 is 1.30. The van der Waals surface area contributed by atoms with Gasteiger partial charge in [0.05, 0.1) is 0 Å². The van der Waals surface area contributed by atoms with Crippen LogP contribution in [0.3, 0.4) is 0 Å². The number of thiazole rings is 1. The molecule has 0 aliphatic rings. The highest BCUT2D eigenvalue weighted by Crippen LogP contribution is 2.16. The maximum absolute atomic E-state index is 12.1. The normalized spacial score (nSPS) is 10.6. The predicted molar refractivity (Wildman–Crippen MR) is 88.2 cm³/mol. The van der Waals surface area contributed by atoms with Gasteiger partial charge in [-0.2, -0.15) is 0 Å². The van der Waals surface area contributed by atoms with Gasteiger partial charge >= 0.3 is 5.97 Å². The summed E-state index contributed by atoms with van der Waals surface area (Å²) in [6, 6.07) is 0.111. The van der Waals surface area contributed by atoms with E-state index in [-0.39, 0.29) is 30.3 Å². The number of amides is 1. The minimum Gasteiger partial charge on any atom is -0.451 e. The topological polar surface area (TPSA) is 71.5 Å². The summed E-state index contributed by atoms with van der Waals surface area (Å²) in [6.07, 6.45) is 1.70. The van der Waals surface area contributed by atoms with Gasteiger partial charge in [0.2, 0.25) is 0 Å². The van der Waals surface area contributed by atoms with E-state index in [2.05, 4.69) is 16.9 Å². The number of ether oxygens (including phenoxy) is 1. The van der Waals surface area contributed by atoms with Crippen molar-refractivity contribution in [2.75, 3.05) is 18.5 Å². The molecule has 7 heteroatoms. The number of aromatic nitrogens is 1. The lowest BCUT2D eigenvalue weighted by Crippen LogP contribution is -2.44. The molecule has 122 valence electrons. The Bertz CT molecular complexity index is 518. The average Bonchev–Trinajstić information content (AvgIpc) is 2.90. The van der Waals surface area contributed by atoms with Gasteiger partial charge in [0.1, 0.15) is 0 Å². The van der Waals surface area contributed by atoms with Gasteiger partial charge in [-0.3, -0.25) is 4.79 Å². The minimum absolute atomic E-state index is 0.0557.